The smallest absolute Gasteiger partial charge is 0.304 e. The highest BCUT2D eigenvalue weighted by atomic mass is 16.4. The average molecular weight is 185 g/mol. The lowest BCUT2D eigenvalue weighted by molar-refractivity contribution is -0.137. The zero-order chi connectivity index (χ0) is 9.68. The maximum absolute atomic E-state index is 10.5. The van der Waals surface area contributed by atoms with E-state index in [1.165, 1.54) is 25.7 Å². The zero-order valence-electron chi connectivity index (χ0n) is 8.04. The quantitative estimate of drug-likeness (QED) is 0.658. The van der Waals surface area contributed by atoms with E-state index in [9.17, 15) is 4.79 Å². The maximum atomic E-state index is 10.5. The number of hydrogen-bond donors (Lipinski definition) is 2. The van der Waals surface area contributed by atoms with E-state index in [4.69, 9.17) is 10.8 Å². The molecule has 1 aliphatic carbocycles. The van der Waals surface area contributed by atoms with Crippen molar-refractivity contribution in [3.05, 3.63) is 0 Å². The lowest BCUT2D eigenvalue weighted by atomic mass is 9.90. The van der Waals surface area contributed by atoms with E-state index in [-0.39, 0.29) is 12.5 Å². The van der Waals surface area contributed by atoms with Crippen LogP contribution >= 0.6 is 0 Å². The summed E-state index contributed by atoms with van der Waals surface area (Å²) in [4.78, 5) is 10.5. The van der Waals surface area contributed by atoms with Crippen LogP contribution in [0, 0.1) is 5.92 Å². The molecule has 0 heterocycles. The fourth-order valence-electron chi connectivity index (χ4n) is 2.11. The number of aliphatic carboxylic acids is 1. The summed E-state index contributed by atoms with van der Waals surface area (Å²) in [5, 5.41) is 8.60. The monoisotopic (exact) mass is 185 g/mol. The van der Waals surface area contributed by atoms with Crippen LogP contribution in [0.2, 0.25) is 0 Å². The Bertz CT molecular complexity index is 162. The van der Waals surface area contributed by atoms with Gasteiger partial charge >= 0.3 is 5.97 Å². The lowest BCUT2D eigenvalue weighted by Gasteiger charge is -2.20. The van der Waals surface area contributed by atoms with Gasteiger partial charge in [-0.05, 0) is 18.8 Å². The van der Waals surface area contributed by atoms with Gasteiger partial charge in [0.1, 0.15) is 0 Å². The van der Waals surface area contributed by atoms with Crippen molar-refractivity contribution in [3.8, 4) is 0 Å². The van der Waals surface area contributed by atoms with E-state index >= 15 is 0 Å². The van der Waals surface area contributed by atoms with Crippen LogP contribution in [0.15, 0.2) is 0 Å². The van der Waals surface area contributed by atoms with Crippen LogP contribution in [0.1, 0.15) is 44.9 Å². The molecule has 0 aliphatic heterocycles. The van der Waals surface area contributed by atoms with E-state index in [2.05, 4.69) is 0 Å². The topological polar surface area (TPSA) is 63.3 Å². The molecule has 1 fully saturated rings. The third-order valence-electron chi connectivity index (χ3n) is 2.92. The molecule has 1 rings (SSSR count). The molecule has 0 aromatic heterocycles. The van der Waals surface area contributed by atoms with Gasteiger partial charge in [-0.25, -0.2) is 0 Å². The third-order valence-corrected chi connectivity index (χ3v) is 2.92. The molecule has 1 atom stereocenters. The number of carbonyl (C=O) groups is 1. The van der Waals surface area contributed by atoms with Crippen molar-refractivity contribution in [1.82, 2.24) is 0 Å². The van der Waals surface area contributed by atoms with Crippen molar-refractivity contribution in [2.45, 2.75) is 51.0 Å². The molecule has 0 aromatic carbocycles. The van der Waals surface area contributed by atoms with Crippen LogP contribution in [0.5, 0.6) is 0 Å². The fourth-order valence-corrected chi connectivity index (χ4v) is 2.11. The summed E-state index contributed by atoms with van der Waals surface area (Å²) < 4.78 is 0. The van der Waals surface area contributed by atoms with Gasteiger partial charge in [-0.2, -0.15) is 0 Å². The average Bonchev–Trinajstić information content (AvgIpc) is 2.29. The van der Waals surface area contributed by atoms with E-state index in [1.807, 2.05) is 0 Å². The molecule has 3 heteroatoms. The van der Waals surface area contributed by atoms with Gasteiger partial charge in [0, 0.05) is 6.04 Å². The normalized spacial score (nSPS) is 22.2. The predicted molar refractivity (Wildman–Crippen MR) is 51.4 cm³/mol. The van der Waals surface area contributed by atoms with Gasteiger partial charge in [-0.1, -0.05) is 25.7 Å². The van der Waals surface area contributed by atoms with Crippen molar-refractivity contribution < 1.29 is 9.90 Å². The second-order valence-corrected chi connectivity index (χ2v) is 4.01. The van der Waals surface area contributed by atoms with Gasteiger partial charge in [0.05, 0.1) is 6.42 Å². The molecule has 3 nitrogen and oxygen atoms in total. The summed E-state index contributed by atoms with van der Waals surface area (Å²) in [6.07, 6.45) is 7.39. The SMILES string of the molecule is NC(CC(=O)O)C1CCCCCC1. The summed E-state index contributed by atoms with van der Waals surface area (Å²) >= 11 is 0. The van der Waals surface area contributed by atoms with Gasteiger partial charge in [0.2, 0.25) is 0 Å². The van der Waals surface area contributed by atoms with Gasteiger partial charge in [-0.3, -0.25) is 4.79 Å². The number of hydrogen-bond acceptors (Lipinski definition) is 2. The van der Waals surface area contributed by atoms with Crippen LogP contribution in [0.25, 0.3) is 0 Å². The van der Waals surface area contributed by atoms with Crippen molar-refractivity contribution >= 4 is 5.97 Å². The van der Waals surface area contributed by atoms with Crippen LogP contribution in [0.4, 0.5) is 0 Å². The van der Waals surface area contributed by atoms with E-state index in [0.29, 0.717) is 5.92 Å². The Morgan fingerprint density at radius 2 is 1.85 bits per heavy atom. The number of rotatable bonds is 3. The van der Waals surface area contributed by atoms with Crippen LogP contribution in [-0.2, 0) is 4.79 Å². The minimum absolute atomic E-state index is 0.129. The molecule has 0 amide bonds. The summed E-state index contributed by atoms with van der Waals surface area (Å²) in [6, 6.07) is -0.129. The molecule has 1 saturated carbocycles. The summed E-state index contributed by atoms with van der Waals surface area (Å²) in [7, 11) is 0. The van der Waals surface area contributed by atoms with Gasteiger partial charge in [0.15, 0.2) is 0 Å². The predicted octanol–water partition coefficient (Wildman–Crippen LogP) is 1.76. The van der Waals surface area contributed by atoms with E-state index in [1.54, 1.807) is 0 Å². The second-order valence-electron chi connectivity index (χ2n) is 4.01. The third kappa shape index (κ3) is 3.77. The molecule has 76 valence electrons. The Kier molecular flexibility index (Phi) is 4.22. The van der Waals surface area contributed by atoms with Gasteiger partial charge < -0.3 is 10.8 Å². The Morgan fingerprint density at radius 1 is 1.31 bits per heavy atom. The molecule has 1 unspecified atom stereocenters. The Morgan fingerprint density at radius 3 is 2.31 bits per heavy atom. The fraction of sp³-hybridized carbons (Fsp3) is 0.900. The van der Waals surface area contributed by atoms with Gasteiger partial charge in [-0.15, -0.1) is 0 Å². The van der Waals surface area contributed by atoms with Crippen molar-refractivity contribution in [2.75, 3.05) is 0 Å². The molecule has 0 spiro atoms. The molecule has 0 bridgehead atoms. The number of carboxylic acid groups (broad SMARTS) is 1. The van der Waals surface area contributed by atoms with Crippen molar-refractivity contribution in [3.63, 3.8) is 0 Å². The van der Waals surface area contributed by atoms with E-state index in [0.717, 1.165) is 12.8 Å². The highest BCUT2D eigenvalue weighted by Crippen LogP contribution is 2.25. The summed E-state index contributed by atoms with van der Waals surface area (Å²) in [6.45, 7) is 0. The molecular weight excluding hydrogens is 166 g/mol. The Balaban J connectivity index is 2.34. The van der Waals surface area contributed by atoms with Gasteiger partial charge in [0.25, 0.3) is 0 Å². The Hall–Kier alpha value is -0.570. The lowest BCUT2D eigenvalue weighted by Crippen LogP contribution is -2.32. The van der Waals surface area contributed by atoms with Crippen LogP contribution in [0.3, 0.4) is 0 Å². The first-order valence-corrected chi connectivity index (χ1v) is 5.17. The zero-order valence-corrected chi connectivity index (χ0v) is 8.04. The molecule has 0 aromatic rings. The van der Waals surface area contributed by atoms with Crippen LogP contribution in [-0.4, -0.2) is 17.1 Å². The molecule has 0 saturated heterocycles. The van der Waals surface area contributed by atoms with Crippen molar-refractivity contribution in [2.24, 2.45) is 11.7 Å². The molecule has 0 radical (unpaired) electrons. The highest BCUT2D eigenvalue weighted by Gasteiger charge is 2.21. The first kappa shape index (κ1) is 10.5. The largest absolute Gasteiger partial charge is 0.481 e. The second kappa shape index (κ2) is 5.22. The summed E-state index contributed by atoms with van der Waals surface area (Å²) in [5.74, 6) is -0.324. The minimum atomic E-state index is -0.767. The molecule has 3 N–H and O–H groups in total. The minimum Gasteiger partial charge on any atom is -0.481 e. The first-order chi connectivity index (χ1) is 6.20. The number of carboxylic acids is 1. The van der Waals surface area contributed by atoms with Crippen LogP contribution < -0.4 is 5.73 Å². The Labute approximate surface area is 79.3 Å². The standard InChI is InChI=1S/C10H19NO2/c11-9(7-10(12)13)8-5-3-1-2-4-6-8/h8-9H,1-7,11H2,(H,12,13). The highest BCUT2D eigenvalue weighted by molar-refractivity contribution is 5.67. The van der Waals surface area contributed by atoms with E-state index < -0.39 is 5.97 Å². The molecule has 13 heavy (non-hydrogen) atoms. The molecular formula is C10H19NO2. The summed E-state index contributed by atoms with van der Waals surface area (Å²) in [5.41, 5.74) is 5.84. The molecule has 1 aliphatic rings. The van der Waals surface area contributed by atoms with Crippen molar-refractivity contribution in [1.29, 1.82) is 0 Å². The maximum Gasteiger partial charge on any atom is 0.304 e. The first-order valence-electron chi connectivity index (χ1n) is 5.17. The number of nitrogens with two attached hydrogens (primary N) is 1.